The monoisotopic (exact) mass is 194 g/mol. The molecule has 1 N–H and O–H groups in total. The van der Waals surface area contributed by atoms with Crippen LogP contribution in [-0.2, 0) is 13.6 Å². The van der Waals surface area contributed by atoms with Crippen LogP contribution >= 0.6 is 0 Å². The van der Waals surface area contributed by atoms with Gasteiger partial charge in [0.2, 0.25) is 0 Å². The quantitative estimate of drug-likeness (QED) is 0.760. The highest BCUT2D eigenvalue weighted by atomic mass is 16.3. The number of aryl methyl sites for hydroxylation is 1. The minimum Gasteiger partial charge on any atom is -0.392 e. The van der Waals surface area contributed by atoms with Gasteiger partial charge in [-0.3, -0.25) is 4.90 Å². The van der Waals surface area contributed by atoms with E-state index in [0.717, 1.165) is 32.5 Å². The number of likely N-dealkylation sites (tertiary alicyclic amines) is 1. The molecule has 78 valence electrons. The van der Waals surface area contributed by atoms with Crippen molar-refractivity contribution >= 4 is 0 Å². The fourth-order valence-electron chi connectivity index (χ4n) is 2.06. The molecule has 1 aliphatic heterocycles. The van der Waals surface area contributed by atoms with Crippen molar-refractivity contribution in [3.63, 3.8) is 0 Å². The zero-order valence-electron chi connectivity index (χ0n) is 8.69. The minimum atomic E-state index is -0.121. The molecule has 0 saturated carbocycles. The molecule has 2 rings (SSSR count). The predicted molar refractivity (Wildman–Crippen MR) is 55.9 cm³/mol. The predicted octanol–water partition coefficient (Wildman–Crippen LogP) is 0.982. The first-order valence-corrected chi connectivity index (χ1v) is 5.26. The Hall–Kier alpha value is -0.800. The smallest absolute Gasteiger partial charge is 0.0667 e. The van der Waals surface area contributed by atoms with Crippen LogP contribution in [0.2, 0.25) is 0 Å². The van der Waals surface area contributed by atoms with Gasteiger partial charge in [-0.1, -0.05) is 0 Å². The highest BCUT2D eigenvalue weighted by Crippen LogP contribution is 2.13. The maximum Gasteiger partial charge on any atom is 0.0667 e. The van der Waals surface area contributed by atoms with Crippen LogP contribution in [0.4, 0.5) is 0 Å². The highest BCUT2D eigenvalue weighted by molar-refractivity contribution is 5.06. The molecule has 0 spiro atoms. The van der Waals surface area contributed by atoms with Gasteiger partial charge in [-0.25, -0.2) is 0 Å². The van der Waals surface area contributed by atoms with E-state index >= 15 is 0 Å². The average molecular weight is 194 g/mol. The van der Waals surface area contributed by atoms with Crippen LogP contribution in [0, 0.1) is 0 Å². The molecule has 0 bridgehead atoms. The Balaban J connectivity index is 1.94. The molecule has 2 heterocycles. The van der Waals surface area contributed by atoms with Gasteiger partial charge >= 0.3 is 0 Å². The Morgan fingerprint density at radius 3 is 3.07 bits per heavy atom. The number of piperidine rings is 1. The van der Waals surface area contributed by atoms with Crippen LogP contribution in [0.1, 0.15) is 18.5 Å². The lowest BCUT2D eigenvalue weighted by Gasteiger charge is -2.29. The summed E-state index contributed by atoms with van der Waals surface area (Å²) >= 11 is 0. The van der Waals surface area contributed by atoms with E-state index in [4.69, 9.17) is 0 Å². The van der Waals surface area contributed by atoms with E-state index in [1.54, 1.807) is 0 Å². The maximum atomic E-state index is 9.53. The number of aromatic nitrogens is 1. The highest BCUT2D eigenvalue weighted by Gasteiger charge is 2.17. The van der Waals surface area contributed by atoms with Crippen molar-refractivity contribution < 1.29 is 5.11 Å². The third-order valence-electron chi connectivity index (χ3n) is 2.92. The Labute approximate surface area is 85.0 Å². The molecular weight excluding hydrogens is 176 g/mol. The first-order valence-electron chi connectivity index (χ1n) is 5.26. The van der Waals surface area contributed by atoms with Gasteiger partial charge in [-0.2, -0.15) is 0 Å². The maximum absolute atomic E-state index is 9.53. The SMILES string of the molecule is Cn1cccc1CN1CCC[C@@H](O)C1. The lowest BCUT2D eigenvalue weighted by atomic mass is 10.1. The molecule has 0 radical (unpaired) electrons. The summed E-state index contributed by atoms with van der Waals surface area (Å²) < 4.78 is 2.14. The molecule has 0 aliphatic carbocycles. The van der Waals surface area contributed by atoms with Crippen molar-refractivity contribution in [2.24, 2.45) is 7.05 Å². The molecule has 3 nitrogen and oxygen atoms in total. The average Bonchev–Trinajstić information content (AvgIpc) is 2.52. The van der Waals surface area contributed by atoms with Gasteiger partial charge in [-0.15, -0.1) is 0 Å². The molecule has 3 heteroatoms. The Morgan fingerprint density at radius 2 is 2.43 bits per heavy atom. The number of rotatable bonds is 2. The van der Waals surface area contributed by atoms with Crippen molar-refractivity contribution in [2.45, 2.75) is 25.5 Å². The zero-order valence-corrected chi connectivity index (χ0v) is 8.69. The van der Waals surface area contributed by atoms with Gasteiger partial charge in [-0.05, 0) is 31.5 Å². The van der Waals surface area contributed by atoms with Crippen molar-refractivity contribution in [3.8, 4) is 0 Å². The van der Waals surface area contributed by atoms with Crippen LogP contribution in [0.15, 0.2) is 18.3 Å². The summed E-state index contributed by atoms with van der Waals surface area (Å²) in [5, 5.41) is 9.53. The number of β-amino-alcohol motifs (C(OH)–C–C–N with tert-alkyl or cyclic N) is 1. The van der Waals surface area contributed by atoms with Crippen molar-refractivity contribution in [1.29, 1.82) is 0 Å². The van der Waals surface area contributed by atoms with E-state index in [0.29, 0.717) is 0 Å². The van der Waals surface area contributed by atoms with E-state index in [9.17, 15) is 5.11 Å². The van der Waals surface area contributed by atoms with Crippen molar-refractivity contribution in [2.75, 3.05) is 13.1 Å². The van der Waals surface area contributed by atoms with E-state index in [2.05, 4.69) is 34.8 Å². The lowest BCUT2D eigenvalue weighted by Crippen LogP contribution is -2.37. The summed E-state index contributed by atoms with van der Waals surface area (Å²) in [4.78, 5) is 2.32. The first kappa shape index (κ1) is 9.74. The second-order valence-corrected chi connectivity index (χ2v) is 4.14. The fraction of sp³-hybridized carbons (Fsp3) is 0.636. The normalized spacial score (nSPS) is 24.0. The van der Waals surface area contributed by atoms with Gasteiger partial charge in [0, 0.05) is 32.0 Å². The van der Waals surface area contributed by atoms with Gasteiger partial charge in [0.25, 0.3) is 0 Å². The van der Waals surface area contributed by atoms with E-state index < -0.39 is 0 Å². The molecule has 1 fully saturated rings. The third-order valence-corrected chi connectivity index (χ3v) is 2.92. The molecule has 0 aromatic carbocycles. The van der Waals surface area contributed by atoms with Crippen LogP contribution in [-0.4, -0.2) is 33.8 Å². The zero-order chi connectivity index (χ0) is 9.97. The topological polar surface area (TPSA) is 28.4 Å². The van der Waals surface area contributed by atoms with Crippen molar-refractivity contribution in [1.82, 2.24) is 9.47 Å². The molecule has 1 aromatic heterocycles. The van der Waals surface area contributed by atoms with Crippen LogP contribution < -0.4 is 0 Å². The molecule has 1 aromatic rings. The Bertz CT molecular complexity index is 295. The summed E-state index contributed by atoms with van der Waals surface area (Å²) in [5.41, 5.74) is 1.32. The van der Waals surface area contributed by atoms with Gasteiger partial charge < -0.3 is 9.67 Å². The minimum absolute atomic E-state index is 0.121. The van der Waals surface area contributed by atoms with E-state index in [1.165, 1.54) is 5.69 Å². The molecule has 14 heavy (non-hydrogen) atoms. The van der Waals surface area contributed by atoms with E-state index in [-0.39, 0.29) is 6.10 Å². The third kappa shape index (κ3) is 2.16. The molecule has 1 aliphatic rings. The number of aliphatic hydroxyl groups excluding tert-OH is 1. The van der Waals surface area contributed by atoms with Crippen molar-refractivity contribution in [3.05, 3.63) is 24.0 Å². The summed E-state index contributed by atoms with van der Waals surface area (Å²) in [6, 6.07) is 4.21. The van der Waals surface area contributed by atoms with Crippen LogP contribution in [0.25, 0.3) is 0 Å². The fourth-order valence-corrected chi connectivity index (χ4v) is 2.06. The first-order chi connectivity index (χ1) is 6.75. The standard InChI is InChI=1S/C11H18N2O/c1-12-6-2-4-10(12)8-13-7-3-5-11(14)9-13/h2,4,6,11,14H,3,5,7-9H2,1H3/t11-/m1/s1. The molecule has 1 saturated heterocycles. The second kappa shape index (κ2) is 4.15. The molecule has 1 atom stereocenters. The lowest BCUT2D eigenvalue weighted by molar-refractivity contribution is 0.0658. The van der Waals surface area contributed by atoms with Gasteiger partial charge in [0.1, 0.15) is 0 Å². The van der Waals surface area contributed by atoms with Crippen LogP contribution in [0.5, 0.6) is 0 Å². The molecular formula is C11H18N2O. The summed E-state index contributed by atoms with van der Waals surface area (Å²) in [5.74, 6) is 0. The number of aliphatic hydroxyl groups is 1. The van der Waals surface area contributed by atoms with E-state index in [1.807, 2.05) is 0 Å². The largest absolute Gasteiger partial charge is 0.392 e. The number of hydrogen-bond donors (Lipinski definition) is 1. The van der Waals surface area contributed by atoms with Gasteiger partial charge in [0.15, 0.2) is 0 Å². The second-order valence-electron chi connectivity index (χ2n) is 4.14. The van der Waals surface area contributed by atoms with Crippen LogP contribution in [0.3, 0.4) is 0 Å². The number of nitrogens with zero attached hydrogens (tertiary/aromatic N) is 2. The summed E-state index contributed by atoms with van der Waals surface area (Å²) in [6.07, 6.45) is 4.02. The molecule has 0 unspecified atom stereocenters. The Kier molecular flexibility index (Phi) is 2.89. The van der Waals surface area contributed by atoms with Gasteiger partial charge in [0.05, 0.1) is 6.10 Å². The summed E-state index contributed by atoms with van der Waals surface area (Å²) in [6.45, 7) is 2.90. The molecule has 0 amide bonds. The summed E-state index contributed by atoms with van der Waals surface area (Å²) in [7, 11) is 2.07. The number of hydrogen-bond acceptors (Lipinski definition) is 2. The Morgan fingerprint density at radius 1 is 1.57 bits per heavy atom.